The summed E-state index contributed by atoms with van der Waals surface area (Å²) in [5.74, 6) is 1.26. The molecule has 0 aliphatic rings. The smallest absolute Gasteiger partial charge is 0.306 e. The van der Waals surface area contributed by atoms with Gasteiger partial charge in [-0.3, -0.25) is 19.6 Å². The van der Waals surface area contributed by atoms with E-state index in [1.165, 1.54) is 17.1 Å². The average Bonchev–Trinajstić information content (AvgIpc) is 3.23. The highest BCUT2D eigenvalue weighted by molar-refractivity contribution is 5.94. The molecule has 9 nitrogen and oxygen atoms in total. The Morgan fingerprint density at radius 1 is 1.17 bits per heavy atom. The molecule has 3 rings (SSSR count). The van der Waals surface area contributed by atoms with Gasteiger partial charge in [-0.1, -0.05) is 12.1 Å². The Bertz CT molecular complexity index is 1000. The van der Waals surface area contributed by atoms with Crippen LogP contribution < -0.4 is 14.8 Å². The van der Waals surface area contributed by atoms with Gasteiger partial charge in [0.15, 0.2) is 0 Å². The first-order valence-electron chi connectivity index (χ1n) is 9.45. The summed E-state index contributed by atoms with van der Waals surface area (Å²) in [6.45, 7) is 3.49. The van der Waals surface area contributed by atoms with Crippen LogP contribution >= 0.6 is 0 Å². The van der Waals surface area contributed by atoms with E-state index in [1.807, 2.05) is 37.3 Å². The number of hydrogen-bond donors (Lipinski definition) is 1. The molecule has 0 aliphatic heterocycles. The molecule has 0 spiro atoms. The first kappa shape index (κ1) is 20.8. The van der Waals surface area contributed by atoms with Crippen LogP contribution in [-0.2, 0) is 13.2 Å². The molecule has 1 aromatic heterocycles. The average molecular weight is 410 g/mol. The van der Waals surface area contributed by atoms with Crippen molar-refractivity contribution in [1.29, 1.82) is 0 Å². The van der Waals surface area contributed by atoms with Gasteiger partial charge in [0.25, 0.3) is 5.91 Å². The van der Waals surface area contributed by atoms with Gasteiger partial charge >= 0.3 is 5.69 Å². The van der Waals surface area contributed by atoms with Crippen molar-refractivity contribution in [2.24, 2.45) is 0 Å². The molecule has 0 fully saturated rings. The summed E-state index contributed by atoms with van der Waals surface area (Å²) in [6.07, 6.45) is 2.50. The molecule has 2 aromatic carbocycles. The summed E-state index contributed by atoms with van der Waals surface area (Å²) in [5, 5.41) is 17.3. The standard InChI is InChI=1S/C21H22N4O5/c1-2-29-19-6-8-20(9-7-19)30-15-16-4-3-5-17(12-16)21(26)22-10-11-24-14-18(13-23-24)25(27)28/h3-9,12-14H,2,10-11,15H2,1H3,(H,22,26). The van der Waals surface area contributed by atoms with Crippen molar-refractivity contribution >= 4 is 11.6 Å². The Hall–Kier alpha value is -3.88. The lowest BCUT2D eigenvalue weighted by Gasteiger charge is -2.09. The van der Waals surface area contributed by atoms with Crippen molar-refractivity contribution in [3.63, 3.8) is 0 Å². The van der Waals surface area contributed by atoms with E-state index in [9.17, 15) is 14.9 Å². The molecule has 156 valence electrons. The molecule has 1 N–H and O–H groups in total. The van der Waals surface area contributed by atoms with Gasteiger partial charge in [0.2, 0.25) is 0 Å². The second-order valence-corrected chi connectivity index (χ2v) is 6.37. The van der Waals surface area contributed by atoms with Crippen molar-refractivity contribution < 1.29 is 19.2 Å². The van der Waals surface area contributed by atoms with Gasteiger partial charge in [-0.25, -0.2) is 0 Å². The lowest BCUT2D eigenvalue weighted by Crippen LogP contribution is -2.27. The highest BCUT2D eigenvalue weighted by Gasteiger charge is 2.10. The van der Waals surface area contributed by atoms with Gasteiger partial charge in [-0.05, 0) is 48.9 Å². The molecule has 0 aliphatic carbocycles. The maximum atomic E-state index is 12.4. The van der Waals surface area contributed by atoms with Crippen LogP contribution in [0.4, 0.5) is 5.69 Å². The minimum atomic E-state index is -0.511. The summed E-state index contributed by atoms with van der Waals surface area (Å²) in [7, 11) is 0. The predicted molar refractivity (Wildman–Crippen MR) is 110 cm³/mol. The van der Waals surface area contributed by atoms with Gasteiger partial charge in [0.1, 0.15) is 30.5 Å². The zero-order valence-corrected chi connectivity index (χ0v) is 16.5. The number of nitro groups is 1. The van der Waals surface area contributed by atoms with Crippen molar-refractivity contribution in [2.45, 2.75) is 20.1 Å². The molecule has 0 saturated heterocycles. The van der Waals surface area contributed by atoms with Crippen LogP contribution in [0.2, 0.25) is 0 Å². The van der Waals surface area contributed by atoms with Crippen LogP contribution in [0.25, 0.3) is 0 Å². The number of nitrogens with one attached hydrogen (secondary N) is 1. The fourth-order valence-electron chi connectivity index (χ4n) is 2.72. The van der Waals surface area contributed by atoms with Crippen LogP contribution in [0.1, 0.15) is 22.8 Å². The maximum Gasteiger partial charge on any atom is 0.306 e. The number of ether oxygens (including phenoxy) is 2. The number of rotatable bonds is 10. The quantitative estimate of drug-likeness (QED) is 0.406. The third kappa shape index (κ3) is 5.81. The van der Waals surface area contributed by atoms with Crippen LogP contribution in [0.3, 0.4) is 0 Å². The number of benzene rings is 2. The Labute approximate surface area is 173 Å². The number of nitrogens with zero attached hydrogens (tertiary/aromatic N) is 3. The predicted octanol–water partition coefficient (Wildman–Crippen LogP) is 3.20. The zero-order chi connectivity index (χ0) is 21.3. The van der Waals surface area contributed by atoms with Gasteiger partial charge in [0, 0.05) is 12.1 Å². The monoisotopic (exact) mass is 410 g/mol. The number of aromatic nitrogens is 2. The summed E-state index contributed by atoms with van der Waals surface area (Å²) >= 11 is 0. The van der Waals surface area contributed by atoms with E-state index >= 15 is 0 Å². The Kier molecular flexibility index (Phi) is 6.99. The van der Waals surface area contributed by atoms with Gasteiger partial charge in [-0.2, -0.15) is 5.10 Å². The molecular formula is C21H22N4O5. The van der Waals surface area contributed by atoms with Crippen molar-refractivity contribution in [2.75, 3.05) is 13.2 Å². The van der Waals surface area contributed by atoms with Crippen LogP contribution in [0.15, 0.2) is 60.9 Å². The Morgan fingerprint density at radius 3 is 2.57 bits per heavy atom. The highest BCUT2D eigenvalue weighted by atomic mass is 16.6. The van der Waals surface area contributed by atoms with Crippen molar-refractivity contribution in [1.82, 2.24) is 15.1 Å². The van der Waals surface area contributed by atoms with Gasteiger partial charge in [-0.15, -0.1) is 0 Å². The lowest BCUT2D eigenvalue weighted by molar-refractivity contribution is -0.385. The summed E-state index contributed by atoms with van der Waals surface area (Å²) in [4.78, 5) is 22.5. The number of carbonyl (C=O) groups is 1. The number of amides is 1. The van der Waals surface area contributed by atoms with Gasteiger partial charge < -0.3 is 14.8 Å². The first-order chi connectivity index (χ1) is 14.5. The van der Waals surface area contributed by atoms with Crippen molar-refractivity contribution in [3.05, 3.63) is 82.2 Å². The number of carbonyl (C=O) groups excluding carboxylic acids is 1. The second kappa shape index (κ2) is 10.1. The van der Waals surface area contributed by atoms with E-state index in [2.05, 4.69) is 10.4 Å². The SMILES string of the molecule is CCOc1ccc(OCc2cccc(C(=O)NCCn3cc([N+](=O)[O-])cn3)c2)cc1. The summed E-state index contributed by atoms with van der Waals surface area (Å²) in [6, 6.07) is 14.5. The maximum absolute atomic E-state index is 12.4. The second-order valence-electron chi connectivity index (χ2n) is 6.37. The molecule has 30 heavy (non-hydrogen) atoms. The van der Waals surface area contributed by atoms with E-state index in [-0.39, 0.29) is 11.6 Å². The Balaban J connectivity index is 1.49. The number of hydrogen-bond acceptors (Lipinski definition) is 6. The fourth-order valence-corrected chi connectivity index (χ4v) is 2.72. The molecule has 0 saturated carbocycles. The van der Waals surface area contributed by atoms with E-state index in [0.717, 1.165) is 11.3 Å². The van der Waals surface area contributed by atoms with Crippen LogP contribution in [0.5, 0.6) is 11.5 Å². The van der Waals surface area contributed by atoms with E-state index in [4.69, 9.17) is 9.47 Å². The fraction of sp³-hybridized carbons (Fsp3) is 0.238. The molecule has 0 atom stereocenters. The van der Waals surface area contributed by atoms with Gasteiger partial charge in [0.05, 0.1) is 18.1 Å². The van der Waals surface area contributed by atoms with Crippen LogP contribution in [-0.4, -0.2) is 33.8 Å². The molecule has 9 heteroatoms. The summed E-state index contributed by atoms with van der Waals surface area (Å²) in [5.41, 5.74) is 1.29. The Morgan fingerprint density at radius 2 is 1.90 bits per heavy atom. The summed E-state index contributed by atoms with van der Waals surface area (Å²) < 4.78 is 12.6. The van der Waals surface area contributed by atoms with E-state index in [1.54, 1.807) is 18.2 Å². The molecule has 0 radical (unpaired) electrons. The minimum absolute atomic E-state index is 0.0819. The lowest BCUT2D eigenvalue weighted by atomic mass is 10.1. The third-order valence-corrected chi connectivity index (χ3v) is 4.19. The third-order valence-electron chi connectivity index (χ3n) is 4.19. The normalized spacial score (nSPS) is 10.4. The first-order valence-corrected chi connectivity index (χ1v) is 9.45. The topological polar surface area (TPSA) is 109 Å². The molecule has 1 amide bonds. The van der Waals surface area contributed by atoms with E-state index in [0.29, 0.717) is 37.6 Å². The zero-order valence-electron chi connectivity index (χ0n) is 16.5. The molecule has 1 heterocycles. The largest absolute Gasteiger partial charge is 0.494 e. The molecule has 0 unspecified atom stereocenters. The van der Waals surface area contributed by atoms with E-state index < -0.39 is 4.92 Å². The van der Waals surface area contributed by atoms with Crippen LogP contribution in [0, 0.1) is 10.1 Å². The van der Waals surface area contributed by atoms with Crippen molar-refractivity contribution in [3.8, 4) is 11.5 Å². The molecule has 3 aromatic rings. The molecule has 0 bridgehead atoms. The highest BCUT2D eigenvalue weighted by Crippen LogP contribution is 2.19. The molecular weight excluding hydrogens is 388 g/mol. The minimum Gasteiger partial charge on any atom is -0.494 e.